The van der Waals surface area contributed by atoms with Gasteiger partial charge in [0.15, 0.2) is 5.76 Å². The minimum atomic E-state index is -0.947. The number of hydrogen-bond donors (Lipinski definition) is 1. The summed E-state index contributed by atoms with van der Waals surface area (Å²) >= 11 is 7.48. The largest absolute Gasteiger partial charge is 0.481 e. The van der Waals surface area contributed by atoms with E-state index in [9.17, 15) is 4.79 Å². The van der Waals surface area contributed by atoms with Crippen LogP contribution in [0.3, 0.4) is 0 Å². The average molecular weight is 320 g/mol. The molecule has 6 heteroatoms. The number of oxazole rings is 1. The summed E-state index contributed by atoms with van der Waals surface area (Å²) in [7, 11) is 0. The van der Waals surface area contributed by atoms with Crippen LogP contribution in [0.4, 0.5) is 0 Å². The van der Waals surface area contributed by atoms with Gasteiger partial charge in [0.1, 0.15) is 0 Å². The van der Waals surface area contributed by atoms with Crippen LogP contribution in [-0.2, 0) is 11.2 Å². The molecule has 2 heterocycles. The maximum atomic E-state index is 11.0. The second kappa shape index (κ2) is 5.71. The number of hydrogen-bond acceptors (Lipinski definition) is 4. The highest BCUT2D eigenvalue weighted by Crippen LogP contribution is 2.32. The Balaban J connectivity index is 2.09. The number of carboxylic acid groups (broad SMARTS) is 1. The van der Waals surface area contributed by atoms with Gasteiger partial charge < -0.3 is 9.52 Å². The van der Waals surface area contributed by atoms with Gasteiger partial charge in [-0.3, -0.25) is 4.79 Å². The van der Waals surface area contributed by atoms with E-state index in [0.717, 1.165) is 11.1 Å². The number of carbonyl (C=O) groups is 1. The summed E-state index contributed by atoms with van der Waals surface area (Å²) in [5, 5.41) is 13.4. The van der Waals surface area contributed by atoms with Crippen LogP contribution >= 0.6 is 22.9 Å². The van der Waals surface area contributed by atoms with Gasteiger partial charge >= 0.3 is 5.97 Å². The zero-order valence-electron chi connectivity index (χ0n) is 10.7. The predicted molar refractivity (Wildman–Crippen MR) is 81.6 cm³/mol. The molecule has 106 valence electrons. The summed E-state index contributed by atoms with van der Waals surface area (Å²) in [6.45, 7) is 0. The molecule has 0 spiro atoms. The zero-order valence-corrected chi connectivity index (χ0v) is 12.3. The zero-order chi connectivity index (χ0) is 14.8. The minimum Gasteiger partial charge on any atom is -0.481 e. The molecule has 3 rings (SSSR count). The van der Waals surface area contributed by atoms with Gasteiger partial charge in [-0.15, -0.1) is 0 Å². The van der Waals surface area contributed by atoms with Crippen molar-refractivity contribution >= 4 is 28.9 Å². The third-order valence-corrected chi connectivity index (χ3v) is 3.79. The van der Waals surface area contributed by atoms with E-state index in [1.807, 2.05) is 22.9 Å². The first-order valence-corrected chi connectivity index (χ1v) is 7.45. The van der Waals surface area contributed by atoms with Gasteiger partial charge in [0.05, 0.1) is 12.1 Å². The molecule has 0 saturated carbocycles. The maximum Gasteiger partial charge on any atom is 0.309 e. The van der Waals surface area contributed by atoms with E-state index in [2.05, 4.69) is 4.98 Å². The van der Waals surface area contributed by atoms with Crippen molar-refractivity contribution in [2.45, 2.75) is 6.42 Å². The predicted octanol–water partition coefficient (Wildman–Crippen LogP) is 4.35. The van der Waals surface area contributed by atoms with Crippen molar-refractivity contribution in [3.05, 3.63) is 51.8 Å². The SMILES string of the molecule is O=C(O)Cc1nc(-c2cccc(Cl)c2)oc1-c1ccsc1. The molecule has 0 aliphatic heterocycles. The van der Waals surface area contributed by atoms with Crippen LogP contribution in [-0.4, -0.2) is 16.1 Å². The van der Waals surface area contributed by atoms with Crippen molar-refractivity contribution in [2.24, 2.45) is 0 Å². The Kier molecular flexibility index (Phi) is 3.77. The summed E-state index contributed by atoms with van der Waals surface area (Å²) < 4.78 is 5.77. The molecule has 0 unspecified atom stereocenters. The van der Waals surface area contributed by atoms with E-state index in [1.54, 1.807) is 18.2 Å². The fourth-order valence-corrected chi connectivity index (χ4v) is 2.81. The lowest BCUT2D eigenvalue weighted by Crippen LogP contribution is -2.01. The molecule has 0 radical (unpaired) electrons. The molecule has 1 N–H and O–H groups in total. The molecule has 1 aromatic carbocycles. The van der Waals surface area contributed by atoms with E-state index < -0.39 is 5.97 Å². The number of rotatable bonds is 4. The van der Waals surface area contributed by atoms with Crippen molar-refractivity contribution in [2.75, 3.05) is 0 Å². The van der Waals surface area contributed by atoms with E-state index in [-0.39, 0.29) is 6.42 Å². The Labute approximate surface area is 129 Å². The number of halogens is 1. The Bertz CT molecular complexity index is 780. The number of aliphatic carboxylic acids is 1. The standard InChI is InChI=1S/C15H10ClNO3S/c16-11-3-1-2-9(6-11)15-17-12(7-13(18)19)14(20-15)10-4-5-21-8-10/h1-6,8H,7H2,(H,18,19). The lowest BCUT2D eigenvalue weighted by atomic mass is 10.2. The van der Waals surface area contributed by atoms with E-state index in [1.165, 1.54) is 11.3 Å². The molecular formula is C15H10ClNO3S. The van der Waals surface area contributed by atoms with Gasteiger partial charge in [0.2, 0.25) is 5.89 Å². The Morgan fingerprint density at radius 2 is 2.19 bits per heavy atom. The fraction of sp³-hybridized carbons (Fsp3) is 0.0667. The van der Waals surface area contributed by atoms with Crippen molar-refractivity contribution in [1.29, 1.82) is 0 Å². The molecule has 0 amide bonds. The van der Waals surface area contributed by atoms with E-state index >= 15 is 0 Å². The van der Waals surface area contributed by atoms with Gasteiger partial charge in [-0.25, -0.2) is 4.98 Å². The van der Waals surface area contributed by atoms with Crippen molar-refractivity contribution in [1.82, 2.24) is 4.98 Å². The molecule has 0 aliphatic rings. The van der Waals surface area contributed by atoms with Crippen LogP contribution in [0.1, 0.15) is 5.69 Å². The fourth-order valence-electron chi connectivity index (χ4n) is 1.98. The van der Waals surface area contributed by atoms with Crippen LogP contribution in [0, 0.1) is 0 Å². The summed E-state index contributed by atoms with van der Waals surface area (Å²) in [6, 6.07) is 8.97. The monoisotopic (exact) mass is 319 g/mol. The molecule has 0 atom stereocenters. The highest BCUT2D eigenvalue weighted by Gasteiger charge is 2.19. The second-order valence-electron chi connectivity index (χ2n) is 4.39. The van der Waals surface area contributed by atoms with Gasteiger partial charge in [-0.1, -0.05) is 17.7 Å². The summed E-state index contributed by atoms with van der Waals surface area (Å²) in [6.07, 6.45) is -0.185. The first-order valence-electron chi connectivity index (χ1n) is 6.13. The van der Waals surface area contributed by atoms with Gasteiger partial charge in [-0.05, 0) is 29.6 Å². The van der Waals surface area contributed by atoms with E-state index in [0.29, 0.717) is 22.4 Å². The first kappa shape index (κ1) is 13.9. The quantitative estimate of drug-likeness (QED) is 0.776. The third kappa shape index (κ3) is 2.99. The molecule has 2 aromatic heterocycles. The normalized spacial score (nSPS) is 10.7. The number of thiophene rings is 1. The minimum absolute atomic E-state index is 0.185. The van der Waals surface area contributed by atoms with E-state index in [4.69, 9.17) is 21.1 Å². The molecule has 21 heavy (non-hydrogen) atoms. The molecule has 0 fully saturated rings. The number of aromatic nitrogens is 1. The number of nitrogens with zero attached hydrogens (tertiary/aromatic N) is 1. The number of benzene rings is 1. The summed E-state index contributed by atoms with van der Waals surface area (Å²) in [5.41, 5.74) is 1.96. The maximum absolute atomic E-state index is 11.0. The topological polar surface area (TPSA) is 63.3 Å². The van der Waals surface area contributed by atoms with Crippen molar-refractivity contribution in [3.63, 3.8) is 0 Å². The van der Waals surface area contributed by atoms with Crippen LogP contribution in [0.25, 0.3) is 22.8 Å². The molecule has 0 bridgehead atoms. The van der Waals surface area contributed by atoms with Gasteiger partial charge in [0.25, 0.3) is 0 Å². The third-order valence-electron chi connectivity index (χ3n) is 2.87. The Morgan fingerprint density at radius 3 is 2.86 bits per heavy atom. The lowest BCUT2D eigenvalue weighted by molar-refractivity contribution is -0.136. The van der Waals surface area contributed by atoms with Crippen molar-refractivity contribution < 1.29 is 14.3 Å². The summed E-state index contributed by atoms with van der Waals surface area (Å²) in [4.78, 5) is 15.3. The Morgan fingerprint density at radius 1 is 1.33 bits per heavy atom. The van der Waals surface area contributed by atoms with Crippen LogP contribution in [0.2, 0.25) is 5.02 Å². The second-order valence-corrected chi connectivity index (χ2v) is 5.60. The smallest absolute Gasteiger partial charge is 0.309 e. The average Bonchev–Trinajstić information content (AvgIpc) is 3.06. The highest BCUT2D eigenvalue weighted by molar-refractivity contribution is 7.08. The summed E-state index contributed by atoms with van der Waals surface area (Å²) in [5.74, 6) is -0.0824. The highest BCUT2D eigenvalue weighted by atomic mass is 35.5. The van der Waals surface area contributed by atoms with Gasteiger partial charge in [-0.2, -0.15) is 11.3 Å². The van der Waals surface area contributed by atoms with Crippen LogP contribution < -0.4 is 0 Å². The van der Waals surface area contributed by atoms with Gasteiger partial charge in [0, 0.05) is 21.5 Å². The first-order chi connectivity index (χ1) is 10.1. The van der Waals surface area contributed by atoms with Crippen LogP contribution in [0.15, 0.2) is 45.5 Å². The molecule has 0 aliphatic carbocycles. The molecule has 4 nitrogen and oxygen atoms in total. The Hall–Kier alpha value is -2.11. The van der Waals surface area contributed by atoms with Crippen LogP contribution in [0.5, 0.6) is 0 Å². The molecular weight excluding hydrogens is 310 g/mol. The van der Waals surface area contributed by atoms with Crippen molar-refractivity contribution in [3.8, 4) is 22.8 Å². The number of carboxylic acids is 1. The molecule has 3 aromatic rings. The molecule has 0 saturated heterocycles. The lowest BCUT2D eigenvalue weighted by Gasteiger charge is -1.96.